The van der Waals surface area contributed by atoms with Gasteiger partial charge in [-0.3, -0.25) is 14.4 Å². The van der Waals surface area contributed by atoms with Gasteiger partial charge in [-0.1, -0.05) is 48.5 Å². The van der Waals surface area contributed by atoms with Gasteiger partial charge in [0, 0.05) is 53.6 Å². The predicted molar refractivity (Wildman–Crippen MR) is 167 cm³/mol. The second-order valence-electron chi connectivity index (χ2n) is 10.9. The third-order valence-corrected chi connectivity index (χ3v) is 8.11. The molecule has 5 N–H and O–H groups in total. The number of hydrogen-bond acceptors (Lipinski definition) is 5. The number of nitrogens with one attached hydrogen (secondary N) is 3. The first-order chi connectivity index (χ1) is 20.9. The molecular formula is C33H29N7O3. The van der Waals surface area contributed by atoms with Gasteiger partial charge in [-0.2, -0.15) is 0 Å². The van der Waals surface area contributed by atoms with E-state index in [1.54, 1.807) is 0 Å². The third-order valence-electron chi connectivity index (χ3n) is 8.11. The molecule has 0 radical (unpaired) electrons. The van der Waals surface area contributed by atoms with Crippen LogP contribution in [0.3, 0.4) is 0 Å². The number of carbonyl (C=O) groups excluding carboxylic acids is 3. The first-order valence-electron chi connectivity index (χ1n) is 14.1. The maximum atomic E-state index is 13.5. The van der Waals surface area contributed by atoms with Crippen molar-refractivity contribution in [2.45, 2.75) is 0 Å². The molecular weight excluding hydrogens is 542 g/mol. The lowest BCUT2D eigenvalue weighted by Crippen LogP contribution is -2.47. The Morgan fingerprint density at radius 3 is 2.33 bits per heavy atom. The number of carbonyl (C=O) groups is 3. The SMILES string of the molecule is CN1CCN(C(=O)c2ccc3c(c2)[nH]c2c(C(N)=O)c(NC(=O)c4nc5ccccc5[nH]4)c(-c4ccccc4)cc23)CC1. The molecule has 2 aromatic heterocycles. The van der Waals surface area contributed by atoms with Crippen molar-refractivity contribution >= 4 is 56.2 Å². The third kappa shape index (κ3) is 4.67. The number of rotatable bonds is 5. The number of para-hydroxylation sites is 2. The molecule has 10 nitrogen and oxygen atoms in total. The summed E-state index contributed by atoms with van der Waals surface area (Å²) in [6.45, 7) is 2.99. The molecule has 214 valence electrons. The fourth-order valence-corrected chi connectivity index (χ4v) is 5.82. The van der Waals surface area contributed by atoms with Gasteiger partial charge in [0.25, 0.3) is 17.7 Å². The summed E-state index contributed by atoms with van der Waals surface area (Å²) in [7, 11) is 2.05. The average molecular weight is 572 g/mol. The average Bonchev–Trinajstić information content (AvgIpc) is 3.62. The number of nitrogens with two attached hydrogens (primary N) is 1. The van der Waals surface area contributed by atoms with Crippen LogP contribution in [0.15, 0.2) is 78.9 Å². The Labute approximate surface area is 246 Å². The van der Waals surface area contributed by atoms with Crippen molar-refractivity contribution in [1.82, 2.24) is 24.8 Å². The van der Waals surface area contributed by atoms with Crippen molar-refractivity contribution < 1.29 is 14.4 Å². The molecule has 0 unspecified atom stereocenters. The second-order valence-corrected chi connectivity index (χ2v) is 10.9. The molecule has 7 rings (SSSR count). The van der Waals surface area contributed by atoms with Crippen molar-refractivity contribution in [2.75, 3.05) is 38.5 Å². The number of imidazole rings is 1. The Morgan fingerprint density at radius 2 is 1.58 bits per heavy atom. The summed E-state index contributed by atoms with van der Waals surface area (Å²) in [4.78, 5) is 54.8. The molecule has 6 aromatic rings. The van der Waals surface area contributed by atoms with Gasteiger partial charge in [0.05, 0.1) is 27.8 Å². The number of aromatic amines is 2. The minimum atomic E-state index is -0.706. The summed E-state index contributed by atoms with van der Waals surface area (Å²) in [5.74, 6) is -1.14. The van der Waals surface area contributed by atoms with Crippen molar-refractivity contribution in [1.29, 1.82) is 0 Å². The summed E-state index contributed by atoms with van der Waals surface area (Å²) in [5, 5.41) is 4.52. The van der Waals surface area contributed by atoms with Gasteiger partial charge >= 0.3 is 0 Å². The molecule has 1 aliphatic rings. The zero-order valence-corrected chi connectivity index (χ0v) is 23.5. The summed E-state index contributed by atoms with van der Waals surface area (Å²) in [6, 6.07) is 24.3. The Hall–Kier alpha value is -5.48. The van der Waals surface area contributed by atoms with Gasteiger partial charge in [0.1, 0.15) is 0 Å². The number of benzene rings is 4. The smallest absolute Gasteiger partial charge is 0.291 e. The predicted octanol–water partition coefficient (Wildman–Crippen LogP) is 4.60. The maximum Gasteiger partial charge on any atom is 0.291 e. The minimum absolute atomic E-state index is 0.0347. The van der Waals surface area contributed by atoms with Crippen LogP contribution in [0.1, 0.15) is 31.3 Å². The van der Waals surface area contributed by atoms with Crippen LogP contribution in [-0.2, 0) is 0 Å². The van der Waals surface area contributed by atoms with E-state index < -0.39 is 11.8 Å². The molecule has 10 heteroatoms. The van der Waals surface area contributed by atoms with Crippen LogP contribution < -0.4 is 11.1 Å². The highest BCUT2D eigenvalue weighted by atomic mass is 16.2. The number of piperazine rings is 1. The summed E-state index contributed by atoms with van der Waals surface area (Å²) in [5.41, 5.74) is 11.0. The monoisotopic (exact) mass is 571 g/mol. The van der Waals surface area contributed by atoms with E-state index in [0.29, 0.717) is 40.8 Å². The first-order valence-corrected chi connectivity index (χ1v) is 14.1. The number of fused-ring (bicyclic) bond motifs is 4. The number of aromatic nitrogens is 3. The van der Waals surface area contributed by atoms with Gasteiger partial charge in [-0.05, 0) is 42.9 Å². The summed E-state index contributed by atoms with van der Waals surface area (Å²) >= 11 is 0. The largest absolute Gasteiger partial charge is 0.365 e. The standard InChI is InChI=1S/C33H29N7O3/c1-39-13-15-40(16-14-39)33(43)20-11-12-21-23-18-22(19-7-3-2-4-8-19)28(27(30(34)41)29(23)35-26(21)17-20)38-32(42)31-36-24-9-5-6-10-25(24)37-31/h2-12,17-18,35H,13-16H2,1H3,(H2,34,41)(H,36,37)(H,38,42). The van der Waals surface area contributed by atoms with Crippen LogP contribution >= 0.6 is 0 Å². The van der Waals surface area contributed by atoms with Crippen molar-refractivity contribution in [3.05, 3.63) is 95.8 Å². The van der Waals surface area contributed by atoms with Gasteiger partial charge in [0.15, 0.2) is 5.82 Å². The molecule has 0 aliphatic carbocycles. The molecule has 1 aliphatic heterocycles. The Morgan fingerprint density at radius 1 is 0.837 bits per heavy atom. The lowest BCUT2D eigenvalue weighted by molar-refractivity contribution is 0.0664. The van der Waals surface area contributed by atoms with E-state index in [1.165, 1.54) is 0 Å². The molecule has 1 fully saturated rings. The highest BCUT2D eigenvalue weighted by Gasteiger charge is 2.26. The van der Waals surface area contributed by atoms with E-state index in [1.807, 2.05) is 90.8 Å². The van der Waals surface area contributed by atoms with Crippen molar-refractivity contribution in [2.24, 2.45) is 5.73 Å². The van der Waals surface area contributed by atoms with Crippen LogP contribution in [0.2, 0.25) is 0 Å². The van der Waals surface area contributed by atoms with Crippen molar-refractivity contribution in [3.63, 3.8) is 0 Å². The molecule has 43 heavy (non-hydrogen) atoms. The first kappa shape index (κ1) is 26.4. The molecule has 0 atom stereocenters. The minimum Gasteiger partial charge on any atom is -0.365 e. The molecule has 0 spiro atoms. The highest BCUT2D eigenvalue weighted by molar-refractivity contribution is 6.22. The number of hydrogen-bond donors (Lipinski definition) is 4. The highest BCUT2D eigenvalue weighted by Crippen LogP contribution is 2.40. The van der Waals surface area contributed by atoms with E-state index in [0.717, 1.165) is 34.9 Å². The van der Waals surface area contributed by atoms with Crippen LogP contribution in [0.4, 0.5) is 5.69 Å². The Kier molecular flexibility index (Phi) is 6.40. The van der Waals surface area contributed by atoms with E-state index in [9.17, 15) is 14.4 Å². The Bertz CT molecular complexity index is 2020. The van der Waals surface area contributed by atoms with Crippen LogP contribution in [0, 0.1) is 0 Å². The normalized spacial score (nSPS) is 14.0. The van der Waals surface area contributed by atoms with Gasteiger partial charge < -0.3 is 30.8 Å². The molecule has 1 saturated heterocycles. The van der Waals surface area contributed by atoms with E-state index in [4.69, 9.17) is 5.73 Å². The van der Waals surface area contributed by atoms with Gasteiger partial charge in [-0.15, -0.1) is 0 Å². The topological polar surface area (TPSA) is 140 Å². The number of likely N-dealkylation sites (N-methyl/N-ethyl adjacent to an activating group) is 1. The van der Waals surface area contributed by atoms with Crippen LogP contribution in [0.25, 0.3) is 44.0 Å². The number of nitrogens with zero attached hydrogens (tertiary/aromatic N) is 3. The fourth-order valence-electron chi connectivity index (χ4n) is 5.82. The van der Waals surface area contributed by atoms with Crippen LogP contribution in [-0.4, -0.2) is 75.7 Å². The molecule has 0 bridgehead atoms. The number of H-pyrrole nitrogens is 2. The molecule has 3 amide bonds. The quantitative estimate of drug-likeness (QED) is 0.239. The maximum absolute atomic E-state index is 13.5. The number of primary amides is 1. The van der Waals surface area contributed by atoms with Crippen molar-refractivity contribution in [3.8, 4) is 11.1 Å². The summed E-state index contributed by atoms with van der Waals surface area (Å²) in [6.07, 6.45) is 0. The Balaban J connectivity index is 1.37. The molecule has 4 aromatic carbocycles. The number of amides is 3. The van der Waals surface area contributed by atoms with Crippen LogP contribution in [0.5, 0.6) is 0 Å². The molecule has 0 saturated carbocycles. The number of anilines is 1. The fraction of sp³-hybridized carbons (Fsp3) is 0.152. The van der Waals surface area contributed by atoms with E-state index >= 15 is 0 Å². The zero-order chi connectivity index (χ0) is 29.7. The van der Waals surface area contributed by atoms with E-state index in [2.05, 4.69) is 25.2 Å². The van der Waals surface area contributed by atoms with Gasteiger partial charge in [0.2, 0.25) is 0 Å². The van der Waals surface area contributed by atoms with Gasteiger partial charge in [-0.25, -0.2) is 4.98 Å². The lowest BCUT2D eigenvalue weighted by Gasteiger charge is -2.32. The van der Waals surface area contributed by atoms with E-state index in [-0.39, 0.29) is 23.0 Å². The molecule has 3 heterocycles. The zero-order valence-electron chi connectivity index (χ0n) is 23.5. The summed E-state index contributed by atoms with van der Waals surface area (Å²) < 4.78 is 0. The lowest BCUT2D eigenvalue weighted by atomic mass is 9.95. The second kappa shape index (κ2) is 10.4.